The molecule has 176 valence electrons. The maximum Gasteiger partial charge on any atom is 0.394 e. The summed E-state index contributed by atoms with van der Waals surface area (Å²) in [4.78, 5) is 20.4. The molecule has 0 radical (unpaired) electrons. The number of carbonyl (C=O) groups is 1. The number of halogens is 6. The van der Waals surface area contributed by atoms with E-state index in [9.17, 15) is 26.7 Å². The summed E-state index contributed by atoms with van der Waals surface area (Å²) in [6.07, 6.45) is -3.35. The highest BCUT2D eigenvalue weighted by molar-refractivity contribution is 6.30. The van der Waals surface area contributed by atoms with E-state index in [0.29, 0.717) is 28.2 Å². The number of hydrogen-bond donors (Lipinski definition) is 2. The van der Waals surface area contributed by atoms with Crippen molar-refractivity contribution in [3.05, 3.63) is 52.9 Å². The monoisotopic (exact) mass is 486 g/mol. The zero-order valence-corrected chi connectivity index (χ0v) is 18.6. The number of aryl methyl sites for hydroxylation is 1. The molecular weight excluding hydrogens is 467 g/mol. The highest BCUT2D eigenvalue weighted by Crippen LogP contribution is 2.40. The van der Waals surface area contributed by atoms with Crippen LogP contribution in [0.1, 0.15) is 26.0 Å². The summed E-state index contributed by atoms with van der Waals surface area (Å²) in [7, 11) is 0. The molecule has 1 aromatic carbocycles. The van der Waals surface area contributed by atoms with Gasteiger partial charge >= 0.3 is 12.2 Å². The average molecular weight is 487 g/mol. The van der Waals surface area contributed by atoms with Crippen molar-refractivity contribution >= 4 is 34.2 Å². The summed E-state index contributed by atoms with van der Waals surface area (Å²) in [5.74, 6) is -1.92. The molecule has 0 fully saturated rings. The van der Waals surface area contributed by atoms with E-state index in [4.69, 9.17) is 11.6 Å². The van der Waals surface area contributed by atoms with Crippen molar-refractivity contribution in [3.8, 4) is 11.1 Å². The Kier molecular flexibility index (Phi) is 6.78. The number of anilines is 1. The molecule has 2 amide bonds. The van der Waals surface area contributed by atoms with Crippen LogP contribution in [0.15, 0.2) is 30.5 Å². The number of alkyl halides is 3. The van der Waals surface area contributed by atoms with E-state index in [1.807, 2.05) is 0 Å². The minimum absolute atomic E-state index is 0.0215. The van der Waals surface area contributed by atoms with Gasteiger partial charge in [-0.15, -0.1) is 0 Å². The van der Waals surface area contributed by atoms with Crippen molar-refractivity contribution in [1.29, 1.82) is 0 Å². The Labute approximate surface area is 191 Å². The molecule has 0 aliphatic heterocycles. The van der Waals surface area contributed by atoms with E-state index in [1.165, 1.54) is 6.20 Å². The first-order chi connectivity index (χ1) is 15.3. The van der Waals surface area contributed by atoms with Crippen LogP contribution in [-0.4, -0.2) is 28.7 Å². The first kappa shape index (κ1) is 24.6. The number of rotatable bonds is 5. The predicted molar refractivity (Wildman–Crippen MR) is 116 cm³/mol. The Morgan fingerprint density at radius 2 is 1.76 bits per heavy atom. The summed E-state index contributed by atoms with van der Waals surface area (Å²) in [5.41, 5.74) is -1.05. The van der Waals surface area contributed by atoms with Crippen molar-refractivity contribution < 1.29 is 26.7 Å². The molecule has 0 aliphatic rings. The first-order valence-corrected chi connectivity index (χ1v) is 10.2. The fourth-order valence-corrected chi connectivity index (χ4v) is 3.21. The maximum atomic E-state index is 14.6. The SMILES string of the molecule is Cc1nc2cc(Cl)ncc2cc1-c1cc(NC(=O)NCCC(C)(C)C(F)(F)F)c(F)cc1F. The second kappa shape index (κ2) is 9.09. The Bertz CT molecular complexity index is 1210. The van der Waals surface area contributed by atoms with Gasteiger partial charge in [0.05, 0.1) is 16.6 Å². The molecule has 0 aliphatic carbocycles. The van der Waals surface area contributed by atoms with Crippen LogP contribution < -0.4 is 10.6 Å². The van der Waals surface area contributed by atoms with Crippen LogP contribution in [0.2, 0.25) is 5.15 Å². The lowest BCUT2D eigenvalue weighted by atomic mass is 9.89. The van der Waals surface area contributed by atoms with E-state index < -0.39 is 29.3 Å². The molecule has 2 heterocycles. The molecule has 3 aromatic rings. The molecule has 33 heavy (non-hydrogen) atoms. The van der Waals surface area contributed by atoms with Gasteiger partial charge < -0.3 is 10.6 Å². The van der Waals surface area contributed by atoms with E-state index in [1.54, 1.807) is 19.1 Å². The van der Waals surface area contributed by atoms with Crippen LogP contribution >= 0.6 is 11.6 Å². The zero-order chi connectivity index (χ0) is 24.6. The number of carbonyl (C=O) groups excluding carboxylic acids is 1. The lowest BCUT2D eigenvalue weighted by molar-refractivity contribution is -0.213. The lowest BCUT2D eigenvalue weighted by Gasteiger charge is -2.27. The fourth-order valence-electron chi connectivity index (χ4n) is 3.06. The van der Waals surface area contributed by atoms with Crippen molar-refractivity contribution in [3.63, 3.8) is 0 Å². The van der Waals surface area contributed by atoms with Gasteiger partial charge in [-0.3, -0.25) is 4.98 Å². The number of nitrogens with zero attached hydrogens (tertiary/aromatic N) is 2. The van der Waals surface area contributed by atoms with Gasteiger partial charge in [0.1, 0.15) is 16.8 Å². The number of pyridine rings is 2. The summed E-state index contributed by atoms with van der Waals surface area (Å²) < 4.78 is 67.7. The van der Waals surface area contributed by atoms with E-state index >= 15 is 0 Å². The first-order valence-electron chi connectivity index (χ1n) is 9.82. The van der Waals surface area contributed by atoms with Gasteiger partial charge in [-0.05, 0) is 25.5 Å². The highest BCUT2D eigenvalue weighted by atomic mass is 35.5. The van der Waals surface area contributed by atoms with Crippen LogP contribution in [0.25, 0.3) is 22.0 Å². The van der Waals surface area contributed by atoms with Crippen molar-refractivity contribution in [1.82, 2.24) is 15.3 Å². The van der Waals surface area contributed by atoms with Crippen LogP contribution in [0.3, 0.4) is 0 Å². The zero-order valence-electron chi connectivity index (χ0n) is 17.9. The number of urea groups is 1. The van der Waals surface area contributed by atoms with Gasteiger partial charge in [-0.25, -0.2) is 18.6 Å². The highest BCUT2D eigenvalue weighted by Gasteiger charge is 2.46. The Hall–Kier alpha value is -3.01. The van der Waals surface area contributed by atoms with Gasteiger partial charge in [0.15, 0.2) is 0 Å². The van der Waals surface area contributed by atoms with Crippen LogP contribution in [0, 0.1) is 24.0 Å². The van der Waals surface area contributed by atoms with Crippen LogP contribution in [0.5, 0.6) is 0 Å². The average Bonchev–Trinajstić information content (AvgIpc) is 2.68. The number of aromatic nitrogens is 2. The summed E-state index contributed by atoms with van der Waals surface area (Å²) in [6, 6.07) is 3.95. The van der Waals surface area contributed by atoms with Crippen LogP contribution in [0.4, 0.5) is 32.4 Å². The normalized spacial score (nSPS) is 12.2. The molecule has 11 heteroatoms. The molecule has 0 atom stereocenters. The standard InChI is InChI=1S/C22H20ClF5N4O/c1-11-13(6-12-10-30-19(23)9-17(12)31-11)14-7-18(16(25)8-15(14)24)32-20(33)29-5-4-21(2,3)22(26,27)28/h6-10H,4-5H2,1-3H3,(H2,29,32,33). The molecular formula is C22H20ClF5N4O. The Morgan fingerprint density at radius 3 is 2.42 bits per heavy atom. The van der Waals surface area contributed by atoms with Crippen molar-refractivity contribution in [2.75, 3.05) is 11.9 Å². The molecule has 0 unspecified atom stereocenters. The molecule has 3 rings (SSSR count). The Balaban J connectivity index is 1.82. The maximum absolute atomic E-state index is 14.6. The molecule has 0 saturated carbocycles. The summed E-state index contributed by atoms with van der Waals surface area (Å²) in [6.45, 7) is 3.37. The minimum atomic E-state index is -4.43. The predicted octanol–water partition coefficient (Wildman–Crippen LogP) is 6.64. The smallest absolute Gasteiger partial charge is 0.338 e. The van der Waals surface area contributed by atoms with E-state index in [0.717, 1.165) is 19.9 Å². The van der Waals surface area contributed by atoms with E-state index in [-0.39, 0.29) is 29.4 Å². The molecule has 0 spiro atoms. The Morgan fingerprint density at radius 1 is 1.06 bits per heavy atom. The van der Waals surface area contributed by atoms with Gasteiger partial charge in [0.25, 0.3) is 0 Å². The number of amides is 2. The molecule has 5 nitrogen and oxygen atoms in total. The number of hydrogen-bond acceptors (Lipinski definition) is 3. The molecule has 2 N–H and O–H groups in total. The lowest BCUT2D eigenvalue weighted by Crippen LogP contribution is -2.37. The summed E-state index contributed by atoms with van der Waals surface area (Å²) in [5, 5.41) is 5.29. The second-order valence-corrected chi connectivity index (χ2v) is 8.53. The largest absolute Gasteiger partial charge is 0.394 e. The van der Waals surface area contributed by atoms with Crippen molar-refractivity contribution in [2.24, 2.45) is 5.41 Å². The van der Waals surface area contributed by atoms with E-state index in [2.05, 4.69) is 20.6 Å². The third-order valence-electron chi connectivity index (χ3n) is 5.25. The number of nitrogens with one attached hydrogen (secondary N) is 2. The molecule has 0 saturated heterocycles. The third-order valence-corrected chi connectivity index (χ3v) is 5.46. The number of fused-ring (bicyclic) bond motifs is 1. The van der Waals surface area contributed by atoms with Crippen molar-refractivity contribution in [2.45, 2.75) is 33.4 Å². The minimum Gasteiger partial charge on any atom is -0.338 e. The van der Waals surface area contributed by atoms with Gasteiger partial charge in [0, 0.05) is 47.1 Å². The van der Waals surface area contributed by atoms with Gasteiger partial charge in [-0.2, -0.15) is 13.2 Å². The van der Waals surface area contributed by atoms with Gasteiger partial charge in [-0.1, -0.05) is 25.4 Å². The number of benzene rings is 1. The topological polar surface area (TPSA) is 66.9 Å². The molecule has 0 bridgehead atoms. The van der Waals surface area contributed by atoms with Crippen LogP contribution in [-0.2, 0) is 0 Å². The third kappa shape index (κ3) is 5.50. The summed E-state index contributed by atoms with van der Waals surface area (Å²) >= 11 is 5.87. The second-order valence-electron chi connectivity index (χ2n) is 8.15. The molecule has 2 aromatic heterocycles. The van der Waals surface area contributed by atoms with Gasteiger partial charge in [0.2, 0.25) is 0 Å². The quantitative estimate of drug-likeness (QED) is 0.314. The fraction of sp³-hybridized carbons (Fsp3) is 0.318.